The Morgan fingerprint density at radius 2 is 1.86 bits per heavy atom. The van der Waals surface area contributed by atoms with Crippen molar-refractivity contribution in [2.75, 3.05) is 10.7 Å². The van der Waals surface area contributed by atoms with Gasteiger partial charge in [-0.1, -0.05) is 35.9 Å². The van der Waals surface area contributed by atoms with Crippen molar-refractivity contribution in [1.82, 2.24) is 4.98 Å². The molecule has 3 rings (SSSR count). The molecule has 0 aliphatic carbocycles. The summed E-state index contributed by atoms with van der Waals surface area (Å²) < 4.78 is 27.8. The van der Waals surface area contributed by atoms with Gasteiger partial charge in [0.2, 0.25) is 0 Å². The first-order chi connectivity index (χ1) is 13.4. The summed E-state index contributed by atoms with van der Waals surface area (Å²) in [5.74, 6) is 3.94. The van der Waals surface area contributed by atoms with Crippen LogP contribution in [0.2, 0.25) is 0 Å². The monoisotopic (exact) mass is 380 g/mol. The van der Waals surface area contributed by atoms with E-state index in [-0.39, 0.29) is 17.3 Å². The molecule has 8 heteroatoms. The zero-order valence-corrected chi connectivity index (χ0v) is 15.1. The van der Waals surface area contributed by atoms with Gasteiger partial charge >= 0.3 is 0 Å². The van der Waals surface area contributed by atoms with E-state index in [1.165, 1.54) is 12.1 Å². The minimum Gasteiger partial charge on any atom is -0.383 e. The zero-order chi connectivity index (χ0) is 20.3. The lowest BCUT2D eigenvalue weighted by molar-refractivity contribution is 0.509. The van der Waals surface area contributed by atoms with Crippen molar-refractivity contribution in [2.24, 2.45) is 16.0 Å². The Balaban J connectivity index is 2.12. The minimum absolute atomic E-state index is 0.0287. The van der Waals surface area contributed by atoms with Crippen LogP contribution in [0.15, 0.2) is 64.9 Å². The van der Waals surface area contributed by atoms with Gasteiger partial charge in [-0.15, -0.1) is 5.10 Å². The van der Waals surface area contributed by atoms with Crippen LogP contribution in [0.4, 0.5) is 20.3 Å². The number of nitrogen functional groups attached to an aromatic ring is 1. The van der Waals surface area contributed by atoms with E-state index in [2.05, 4.69) is 21.9 Å². The Morgan fingerprint density at radius 3 is 2.57 bits per heavy atom. The van der Waals surface area contributed by atoms with Crippen molar-refractivity contribution in [3.8, 4) is 11.1 Å². The summed E-state index contributed by atoms with van der Waals surface area (Å²) in [4.78, 5) is 4.19. The molecule has 0 saturated carbocycles. The molecule has 0 saturated heterocycles. The van der Waals surface area contributed by atoms with Crippen LogP contribution >= 0.6 is 0 Å². The molecule has 0 bridgehead atoms. The standard InChI is InChI=1S/C20H18F2N6/c1-12-5-3-6-13(9-12)14-10-15(19(23)26-11-14)20(27-25-2)28(24)17-8-4-7-16(21)18(17)22/h3-11H,2,24H2,1H3,(H2,23,26)/b27-20-. The lowest BCUT2D eigenvalue weighted by atomic mass is 10.0. The molecule has 0 unspecified atom stereocenters. The molecule has 142 valence electrons. The van der Waals surface area contributed by atoms with Crippen LogP contribution in [0.25, 0.3) is 11.1 Å². The van der Waals surface area contributed by atoms with Crippen molar-refractivity contribution < 1.29 is 8.78 Å². The van der Waals surface area contributed by atoms with Crippen molar-refractivity contribution in [3.05, 3.63) is 77.5 Å². The van der Waals surface area contributed by atoms with E-state index in [0.29, 0.717) is 5.56 Å². The summed E-state index contributed by atoms with van der Waals surface area (Å²) >= 11 is 0. The number of halogens is 2. The fourth-order valence-electron chi connectivity index (χ4n) is 2.73. The number of pyridine rings is 1. The largest absolute Gasteiger partial charge is 0.383 e. The Labute approximate surface area is 160 Å². The lowest BCUT2D eigenvalue weighted by Crippen LogP contribution is -2.39. The highest BCUT2D eigenvalue weighted by molar-refractivity contribution is 6.12. The fourth-order valence-corrected chi connectivity index (χ4v) is 2.73. The normalized spacial score (nSPS) is 11.4. The van der Waals surface area contributed by atoms with Gasteiger partial charge in [-0.2, -0.15) is 5.10 Å². The Morgan fingerprint density at radius 1 is 1.11 bits per heavy atom. The number of hydrazine groups is 1. The van der Waals surface area contributed by atoms with Gasteiger partial charge in [0, 0.05) is 18.5 Å². The second kappa shape index (κ2) is 7.93. The molecule has 0 amide bonds. The van der Waals surface area contributed by atoms with E-state index in [0.717, 1.165) is 27.8 Å². The number of nitrogens with two attached hydrogens (primary N) is 2. The van der Waals surface area contributed by atoms with Gasteiger partial charge in [-0.3, -0.25) is 5.01 Å². The van der Waals surface area contributed by atoms with Gasteiger partial charge in [-0.25, -0.2) is 19.6 Å². The number of anilines is 2. The van der Waals surface area contributed by atoms with E-state index in [1.54, 1.807) is 12.3 Å². The molecule has 0 fully saturated rings. The molecule has 0 atom stereocenters. The summed E-state index contributed by atoms with van der Waals surface area (Å²) in [5.41, 5.74) is 8.80. The predicted molar refractivity (Wildman–Crippen MR) is 108 cm³/mol. The molecule has 0 spiro atoms. The number of aromatic nitrogens is 1. The number of benzene rings is 2. The molecule has 0 aliphatic rings. The van der Waals surface area contributed by atoms with Gasteiger partial charge in [0.15, 0.2) is 17.5 Å². The second-order valence-corrected chi connectivity index (χ2v) is 6.03. The van der Waals surface area contributed by atoms with Crippen LogP contribution in [0.5, 0.6) is 0 Å². The number of nitrogens with zero attached hydrogens (tertiary/aromatic N) is 4. The molecule has 2 aromatic carbocycles. The first-order valence-electron chi connectivity index (χ1n) is 8.28. The zero-order valence-electron chi connectivity index (χ0n) is 15.1. The van der Waals surface area contributed by atoms with Crippen molar-refractivity contribution >= 4 is 24.1 Å². The maximum absolute atomic E-state index is 14.2. The summed E-state index contributed by atoms with van der Waals surface area (Å²) in [6.45, 7) is 5.29. The van der Waals surface area contributed by atoms with Gasteiger partial charge in [0.05, 0.1) is 11.3 Å². The van der Waals surface area contributed by atoms with Crippen LogP contribution in [0, 0.1) is 18.6 Å². The van der Waals surface area contributed by atoms with Gasteiger partial charge in [0.1, 0.15) is 5.82 Å². The van der Waals surface area contributed by atoms with Gasteiger partial charge in [0.25, 0.3) is 0 Å². The molecule has 0 radical (unpaired) electrons. The number of rotatable bonds is 4. The molecule has 3 aromatic rings. The van der Waals surface area contributed by atoms with Gasteiger partial charge < -0.3 is 5.73 Å². The van der Waals surface area contributed by atoms with E-state index in [9.17, 15) is 8.78 Å². The minimum atomic E-state index is -1.12. The highest BCUT2D eigenvalue weighted by atomic mass is 19.2. The third-order valence-corrected chi connectivity index (χ3v) is 4.10. The summed E-state index contributed by atoms with van der Waals surface area (Å²) in [7, 11) is 0. The first-order valence-corrected chi connectivity index (χ1v) is 8.28. The highest BCUT2D eigenvalue weighted by Crippen LogP contribution is 2.26. The highest BCUT2D eigenvalue weighted by Gasteiger charge is 2.21. The maximum Gasteiger partial charge on any atom is 0.183 e. The Kier molecular flexibility index (Phi) is 5.42. The maximum atomic E-state index is 14.2. The fraction of sp³-hybridized carbons (Fsp3) is 0.0500. The summed E-state index contributed by atoms with van der Waals surface area (Å²) in [5, 5.41) is 8.22. The van der Waals surface area contributed by atoms with E-state index in [1.807, 2.05) is 31.2 Å². The first kappa shape index (κ1) is 19.1. The van der Waals surface area contributed by atoms with Crippen molar-refractivity contribution in [1.29, 1.82) is 0 Å². The molecule has 6 nitrogen and oxygen atoms in total. The number of hydrogen-bond acceptors (Lipinski definition) is 5. The third kappa shape index (κ3) is 3.72. The van der Waals surface area contributed by atoms with Gasteiger partial charge in [-0.05, 0) is 30.7 Å². The SMILES string of the molecule is C=N/N=C(/c1cc(-c2cccc(C)c2)cnc1N)N(N)c1cccc(F)c1F. The Bertz CT molecular complexity index is 1060. The number of hydrogen-bond donors (Lipinski definition) is 2. The van der Waals surface area contributed by atoms with E-state index >= 15 is 0 Å². The summed E-state index contributed by atoms with van der Waals surface area (Å²) in [6.07, 6.45) is 1.61. The van der Waals surface area contributed by atoms with Crippen LogP contribution in [-0.2, 0) is 0 Å². The molecular formula is C20H18F2N6. The average molecular weight is 380 g/mol. The van der Waals surface area contributed by atoms with Crippen LogP contribution < -0.4 is 16.6 Å². The predicted octanol–water partition coefficient (Wildman–Crippen LogP) is 3.66. The van der Waals surface area contributed by atoms with E-state index < -0.39 is 11.6 Å². The lowest BCUT2D eigenvalue weighted by Gasteiger charge is -2.21. The van der Waals surface area contributed by atoms with Crippen LogP contribution in [0.1, 0.15) is 11.1 Å². The van der Waals surface area contributed by atoms with E-state index in [4.69, 9.17) is 11.6 Å². The molecule has 28 heavy (non-hydrogen) atoms. The third-order valence-electron chi connectivity index (χ3n) is 4.10. The topological polar surface area (TPSA) is 92.9 Å². The number of amidine groups is 1. The molecule has 1 aromatic heterocycles. The second-order valence-electron chi connectivity index (χ2n) is 6.03. The summed E-state index contributed by atoms with van der Waals surface area (Å²) in [6, 6.07) is 13.1. The molecule has 0 aliphatic heterocycles. The molecular weight excluding hydrogens is 362 g/mol. The quantitative estimate of drug-likeness (QED) is 0.313. The smallest absolute Gasteiger partial charge is 0.183 e. The molecule has 1 heterocycles. The molecule has 4 N–H and O–H groups in total. The van der Waals surface area contributed by atoms with Crippen molar-refractivity contribution in [2.45, 2.75) is 6.92 Å². The van der Waals surface area contributed by atoms with Crippen molar-refractivity contribution in [3.63, 3.8) is 0 Å². The Hall–Kier alpha value is -3.65. The number of aryl methyl sites for hydroxylation is 1. The van der Waals surface area contributed by atoms with Crippen LogP contribution in [0.3, 0.4) is 0 Å². The average Bonchev–Trinajstić information content (AvgIpc) is 2.68. The van der Waals surface area contributed by atoms with Crippen LogP contribution in [-0.4, -0.2) is 17.5 Å².